The molecular weight excluding hydrogens is 421 g/mol. The first-order valence-corrected chi connectivity index (χ1v) is 11.2. The van der Waals surface area contributed by atoms with Gasteiger partial charge in [0.1, 0.15) is 0 Å². The Bertz CT molecular complexity index is 944. The van der Waals surface area contributed by atoms with E-state index in [0.717, 1.165) is 43.4 Å². The number of hydrogen-bond acceptors (Lipinski definition) is 2. The first-order valence-electron chi connectivity index (χ1n) is 10.4. The third kappa shape index (κ3) is 4.73. The van der Waals surface area contributed by atoms with Gasteiger partial charge in [-0.3, -0.25) is 9.69 Å². The van der Waals surface area contributed by atoms with Crippen LogP contribution in [0.2, 0.25) is 10.0 Å². The maximum absolute atomic E-state index is 13.1. The smallest absolute Gasteiger partial charge is 0.324 e. The van der Waals surface area contributed by atoms with Crippen LogP contribution in [0.25, 0.3) is 0 Å². The van der Waals surface area contributed by atoms with Crippen LogP contribution in [0.15, 0.2) is 42.5 Å². The number of halogens is 2. The number of nitrogens with zero attached hydrogens (tertiary/aromatic N) is 2. The largest absolute Gasteiger partial charge is 0.324 e. The summed E-state index contributed by atoms with van der Waals surface area (Å²) in [5.74, 6) is 0.0635. The van der Waals surface area contributed by atoms with Gasteiger partial charge in [0.05, 0.1) is 10.7 Å². The Morgan fingerprint density at radius 3 is 2.60 bits per heavy atom. The van der Waals surface area contributed by atoms with E-state index in [0.29, 0.717) is 35.4 Å². The van der Waals surface area contributed by atoms with E-state index >= 15 is 0 Å². The monoisotopic (exact) mass is 445 g/mol. The first kappa shape index (κ1) is 21.0. The number of anilines is 2. The minimum absolute atomic E-state index is 0.0131. The van der Waals surface area contributed by atoms with Gasteiger partial charge in [0.15, 0.2) is 0 Å². The predicted octanol–water partition coefficient (Wildman–Crippen LogP) is 5.95. The van der Waals surface area contributed by atoms with Crippen molar-refractivity contribution in [1.29, 1.82) is 0 Å². The lowest BCUT2D eigenvalue weighted by Crippen LogP contribution is -2.49. The summed E-state index contributed by atoms with van der Waals surface area (Å²) in [6.07, 6.45) is 4.89. The van der Waals surface area contributed by atoms with Gasteiger partial charge in [-0.05, 0) is 55.2 Å². The fraction of sp³-hybridized carbons (Fsp3) is 0.391. The number of hydrogen-bond donors (Lipinski definition) is 1. The molecule has 1 saturated carbocycles. The van der Waals surface area contributed by atoms with Crippen molar-refractivity contribution >= 4 is 46.5 Å². The fourth-order valence-corrected chi connectivity index (χ4v) is 4.60. The van der Waals surface area contributed by atoms with E-state index in [2.05, 4.69) is 5.32 Å². The van der Waals surface area contributed by atoms with Gasteiger partial charge in [0, 0.05) is 36.3 Å². The normalized spacial score (nSPS) is 17.5. The summed E-state index contributed by atoms with van der Waals surface area (Å²) in [7, 11) is 0. The zero-order chi connectivity index (χ0) is 21.1. The van der Waals surface area contributed by atoms with Crippen molar-refractivity contribution in [1.82, 2.24) is 4.90 Å². The van der Waals surface area contributed by atoms with Gasteiger partial charge < -0.3 is 10.2 Å². The molecule has 1 aliphatic carbocycles. The predicted molar refractivity (Wildman–Crippen MR) is 121 cm³/mol. The van der Waals surface area contributed by atoms with Crippen molar-refractivity contribution < 1.29 is 9.59 Å². The van der Waals surface area contributed by atoms with Crippen molar-refractivity contribution in [3.05, 3.63) is 58.1 Å². The third-order valence-electron chi connectivity index (χ3n) is 5.82. The van der Waals surface area contributed by atoms with Crippen molar-refractivity contribution in [2.24, 2.45) is 5.92 Å². The number of urea groups is 1. The van der Waals surface area contributed by atoms with E-state index in [1.165, 1.54) is 0 Å². The number of amides is 3. The molecule has 0 spiro atoms. The Labute approximate surface area is 186 Å². The number of carbonyl (C=O) groups is 2. The van der Waals surface area contributed by atoms with Crippen LogP contribution in [-0.4, -0.2) is 29.9 Å². The molecule has 0 unspecified atom stereocenters. The van der Waals surface area contributed by atoms with E-state index < -0.39 is 0 Å². The second-order valence-electron chi connectivity index (χ2n) is 7.97. The van der Waals surface area contributed by atoms with Crippen LogP contribution in [0, 0.1) is 5.92 Å². The van der Waals surface area contributed by atoms with Crippen molar-refractivity contribution in [2.75, 3.05) is 23.3 Å². The molecule has 1 N–H and O–H groups in total. The van der Waals surface area contributed by atoms with Crippen molar-refractivity contribution in [3.8, 4) is 0 Å². The molecule has 30 heavy (non-hydrogen) atoms. The lowest BCUT2D eigenvalue weighted by atomic mass is 10.1. The summed E-state index contributed by atoms with van der Waals surface area (Å²) >= 11 is 12.4. The summed E-state index contributed by atoms with van der Waals surface area (Å²) in [4.78, 5) is 29.2. The summed E-state index contributed by atoms with van der Waals surface area (Å²) in [6.45, 7) is 1.83. The van der Waals surface area contributed by atoms with Gasteiger partial charge in [0.2, 0.25) is 5.91 Å². The molecule has 0 radical (unpaired) electrons. The maximum Gasteiger partial charge on any atom is 0.324 e. The summed E-state index contributed by atoms with van der Waals surface area (Å²) in [5, 5.41) is 4.11. The first-order chi connectivity index (χ1) is 14.5. The highest BCUT2D eigenvalue weighted by Crippen LogP contribution is 2.32. The van der Waals surface area contributed by atoms with Gasteiger partial charge in [-0.2, -0.15) is 0 Å². The summed E-state index contributed by atoms with van der Waals surface area (Å²) in [5.41, 5.74) is 2.30. The van der Waals surface area contributed by atoms with Gasteiger partial charge >= 0.3 is 6.03 Å². The molecule has 0 atom stereocenters. The summed E-state index contributed by atoms with van der Waals surface area (Å²) < 4.78 is 0. The van der Waals surface area contributed by atoms with E-state index in [9.17, 15) is 9.59 Å². The second kappa shape index (κ2) is 9.27. The molecule has 0 bridgehead atoms. The zero-order valence-corrected chi connectivity index (χ0v) is 18.3. The van der Waals surface area contributed by atoms with Gasteiger partial charge in [0.25, 0.3) is 0 Å². The average Bonchev–Trinajstić information content (AvgIpc) is 3.26. The molecule has 1 aliphatic heterocycles. The standard InChI is InChI=1S/C23H25Cl2N3O2/c24-18-8-3-5-16(13-18)15-27-11-4-12-28(23(27)30)19-9-10-20(25)21(14-19)26-22(29)17-6-1-2-7-17/h3,5,8-10,13-14,17H,1-2,4,6-7,11-12,15H2,(H,26,29). The third-order valence-corrected chi connectivity index (χ3v) is 6.38. The number of benzene rings is 2. The molecule has 5 nitrogen and oxygen atoms in total. The van der Waals surface area contributed by atoms with Gasteiger partial charge in [-0.15, -0.1) is 0 Å². The van der Waals surface area contributed by atoms with Crippen LogP contribution in [0.5, 0.6) is 0 Å². The van der Waals surface area contributed by atoms with Crippen molar-refractivity contribution in [2.45, 2.75) is 38.6 Å². The molecule has 1 saturated heterocycles. The molecule has 2 aromatic rings. The summed E-state index contributed by atoms with van der Waals surface area (Å²) in [6, 6.07) is 12.9. The molecular formula is C23H25Cl2N3O2. The molecule has 158 valence electrons. The van der Waals surface area contributed by atoms with Crippen LogP contribution in [-0.2, 0) is 11.3 Å². The molecule has 7 heteroatoms. The molecule has 2 aromatic carbocycles. The number of rotatable bonds is 5. The van der Waals surface area contributed by atoms with Crippen molar-refractivity contribution in [3.63, 3.8) is 0 Å². The molecule has 0 aromatic heterocycles. The minimum atomic E-state index is -0.0587. The zero-order valence-electron chi connectivity index (χ0n) is 16.7. The maximum atomic E-state index is 13.1. The average molecular weight is 446 g/mol. The molecule has 1 heterocycles. The van der Waals surface area contributed by atoms with Crippen LogP contribution in [0.1, 0.15) is 37.7 Å². The number of carbonyl (C=O) groups excluding carboxylic acids is 2. The SMILES string of the molecule is O=C(Nc1cc(N2CCCN(Cc3cccc(Cl)c3)C2=O)ccc1Cl)C1CCCC1. The van der Waals surface area contributed by atoms with Crippen LogP contribution in [0.4, 0.5) is 16.2 Å². The fourth-order valence-electron chi connectivity index (χ4n) is 4.22. The van der Waals surface area contributed by atoms with Gasteiger partial charge in [-0.25, -0.2) is 4.79 Å². The molecule has 4 rings (SSSR count). The highest BCUT2D eigenvalue weighted by molar-refractivity contribution is 6.34. The molecule has 2 aliphatic rings. The van der Waals surface area contributed by atoms with Crippen LogP contribution < -0.4 is 10.2 Å². The molecule has 3 amide bonds. The Hall–Kier alpha value is -2.24. The lowest BCUT2D eigenvalue weighted by Gasteiger charge is -2.36. The molecule has 2 fully saturated rings. The topological polar surface area (TPSA) is 52.7 Å². The van der Waals surface area contributed by atoms with E-state index in [-0.39, 0.29) is 17.9 Å². The minimum Gasteiger partial charge on any atom is -0.324 e. The second-order valence-corrected chi connectivity index (χ2v) is 8.82. The van der Waals surface area contributed by atoms with Gasteiger partial charge in [-0.1, -0.05) is 48.2 Å². The Balaban J connectivity index is 1.49. The quantitative estimate of drug-likeness (QED) is 0.617. The van der Waals surface area contributed by atoms with E-state index in [1.54, 1.807) is 17.0 Å². The Kier molecular flexibility index (Phi) is 6.49. The van der Waals surface area contributed by atoms with Crippen LogP contribution in [0.3, 0.4) is 0 Å². The lowest BCUT2D eigenvalue weighted by molar-refractivity contribution is -0.119. The number of nitrogens with one attached hydrogen (secondary N) is 1. The van der Waals surface area contributed by atoms with Crippen LogP contribution >= 0.6 is 23.2 Å². The van der Waals surface area contributed by atoms with E-state index in [4.69, 9.17) is 23.2 Å². The van der Waals surface area contributed by atoms with E-state index in [1.807, 2.05) is 35.2 Å². The highest BCUT2D eigenvalue weighted by Gasteiger charge is 2.28. The Morgan fingerprint density at radius 2 is 1.83 bits per heavy atom. The Morgan fingerprint density at radius 1 is 1.03 bits per heavy atom. The highest BCUT2D eigenvalue weighted by atomic mass is 35.5.